The summed E-state index contributed by atoms with van der Waals surface area (Å²) < 4.78 is 16.0. The standard InChI is InChI=1S/C15H18O4S/c1-17-13-4-6-14(7-5-13)19-10-12(16)9-18-11-15-3-2-8-20-15/h2-8,12,16H,9-11H2,1H3. The van der Waals surface area contributed by atoms with E-state index in [1.807, 2.05) is 29.6 Å². The quantitative estimate of drug-likeness (QED) is 0.813. The molecule has 0 fully saturated rings. The molecular formula is C15H18O4S. The van der Waals surface area contributed by atoms with Gasteiger partial charge in [0, 0.05) is 4.88 Å². The summed E-state index contributed by atoms with van der Waals surface area (Å²) in [5.41, 5.74) is 0. The van der Waals surface area contributed by atoms with Gasteiger partial charge in [0.25, 0.3) is 0 Å². The zero-order valence-corrected chi connectivity index (χ0v) is 12.1. The van der Waals surface area contributed by atoms with Crippen LogP contribution in [0.25, 0.3) is 0 Å². The van der Waals surface area contributed by atoms with Crippen LogP contribution in [0.15, 0.2) is 41.8 Å². The molecule has 4 nitrogen and oxygen atoms in total. The maximum Gasteiger partial charge on any atom is 0.119 e. The number of hydrogen-bond donors (Lipinski definition) is 1. The Hall–Kier alpha value is -1.56. The minimum absolute atomic E-state index is 0.205. The van der Waals surface area contributed by atoms with E-state index >= 15 is 0 Å². The molecule has 0 aliphatic rings. The van der Waals surface area contributed by atoms with Crippen molar-refractivity contribution in [1.82, 2.24) is 0 Å². The first-order valence-corrected chi connectivity index (χ1v) is 7.21. The van der Waals surface area contributed by atoms with Gasteiger partial charge in [0.05, 0.1) is 20.3 Å². The third-order valence-electron chi connectivity index (χ3n) is 2.64. The van der Waals surface area contributed by atoms with Crippen LogP contribution in [0.2, 0.25) is 0 Å². The van der Waals surface area contributed by atoms with E-state index in [1.165, 1.54) is 0 Å². The summed E-state index contributed by atoms with van der Waals surface area (Å²) in [7, 11) is 1.62. The summed E-state index contributed by atoms with van der Waals surface area (Å²) in [6.07, 6.45) is -0.642. The van der Waals surface area contributed by atoms with Crippen molar-refractivity contribution < 1.29 is 19.3 Å². The molecule has 20 heavy (non-hydrogen) atoms. The first-order chi connectivity index (χ1) is 9.78. The van der Waals surface area contributed by atoms with Gasteiger partial charge in [-0.3, -0.25) is 0 Å². The molecule has 0 bridgehead atoms. The molecule has 0 aliphatic heterocycles. The summed E-state index contributed by atoms with van der Waals surface area (Å²) in [5, 5.41) is 11.8. The van der Waals surface area contributed by atoms with Crippen LogP contribution in [0, 0.1) is 0 Å². The maximum atomic E-state index is 9.77. The van der Waals surface area contributed by atoms with Crippen molar-refractivity contribution in [2.24, 2.45) is 0 Å². The van der Waals surface area contributed by atoms with E-state index in [0.717, 1.165) is 10.6 Å². The molecule has 1 aromatic heterocycles. The Kier molecular flexibility index (Phi) is 5.86. The van der Waals surface area contributed by atoms with Gasteiger partial charge in [-0.15, -0.1) is 11.3 Å². The number of methoxy groups -OCH3 is 1. The maximum absolute atomic E-state index is 9.77. The second-order valence-electron chi connectivity index (χ2n) is 4.23. The fourth-order valence-electron chi connectivity index (χ4n) is 1.60. The molecule has 0 saturated carbocycles. The molecule has 1 N–H and O–H groups in total. The normalized spacial score (nSPS) is 12.1. The molecule has 1 unspecified atom stereocenters. The molecule has 1 aromatic carbocycles. The van der Waals surface area contributed by atoms with E-state index in [1.54, 1.807) is 30.6 Å². The fourth-order valence-corrected chi connectivity index (χ4v) is 2.24. The summed E-state index contributed by atoms with van der Waals surface area (Å²) in [6.45, 7) is 0.988. The van der Waals surface area contributed by atoms with E-state index in [2.05, 4.69) is 0 Å². The van der Waals surface area contributed by atoms with Gasteiger partial charge in [-0.1, -0.05) is 6.07 Å². The van der Waals surface area contributed by atoms with Crippen LogP contribution in [0.4, 0.5) is 0 Å². The van der Waals surface area contributed by atoms with E-state index in [-0.39, 0.29) is 13.2 Å². The molecule has 0 saturated heterocycles. The van der Waals surface area contributed by atoms with Crippen molar-refractivity contribution >= 4 is 11.3 Å². The SMILES string of the molecule is COc1ccc(OCC(O)COCc2cccs2)cc1. The smallest absolute Gasteiger partial charge is 0.119 e. The van der Waals surface area contributed by atoms with E-state index < -0.39 is 6.10 Å². The number of thiophene rings is 1. The largest absolute Gasteiger partial charge is 0.497 e. The van der Waals surface area contributed by atoms with Gasteiger partial charge in [-0.2, -0.15) is 0 Å². The average Bonchev–Trinajstić information content (AvgIpc) is 2.99. The second kappa shape index (κ2) is 7.89. The Labute approximate surface area is 122 Å². The van der Waals surface area contributed by atoms with Gasteiger partial charge < -0.3 is 19.3 Å². The Morgan fingerprint density at radius 2 is 1.85 bits per heavy atom. The van der Waals surface area contributed by atoms with Crippen LogP contribution in [-0.4, -0.2) is 31.5 Å². The zero-order valence-electron chi connectivity index (χ0n) is 11.3. The lowest BCUT2D eigenvalue weighted by Crippen LogP contribution is -2.23. The Bertz CT molecular complexity index is 481. The van der Waals surface area contributed by atoms with Crippen molar-refractivity contribution in [2.45, 2.75) is 12.7 Å². The topological polar surface area (TPSA) is 47.9 Å². The summed E-state index contributed by atoms with van der Waals surface area (Å²) in [5.74, 6) is 1.47. The predicted molar refractivity (Wildman–Crippen MR) is 78.5 cm³/mol. The van der Waals surface area contributed by atoms with Crippen LogP contribution in [-0.2, 0) is 11.3 Å². The van der Waals surface area contributed by atoms with Gasteiger partial charge >= 0.3 is 0 Å². The van der Waals surface area contributed by atoms with Crippen LogP contribution >= 0.6 is 11.3 Å². The molecular weight excluding hydrogens is 276 g/mol. The minimum atomic E-state index is -0.642. The number of aliphatic hydroxyl groups is 1. The van der Waals surface area contributed by atoms with Gasteiger partial charge in [-0.25, -0.2) is 0 Å². The van der Waals surface area contributed by atoms with Gasteiger partial charge in [-0.05, 0) is 35.7 Å². The average molecular weight is 294 g/mol. The number of aliphatic hydroxyl groups excluding tert-OH is 1. The van der Waals surface area contributed by atoms with Crippen LogP contribution in [0.5, 0.6) is 11.5 Å². The number of hydrogen-bond acceptors (Lipinski definition) is 5. The second-order valence-corrected chi connectivity index (χ2v) is 5.27. The first kappa shape index (κ1) is 14.8. The van der Waals surface area contributed by atoms with Crippen LogP contribution in [0.1, 0.15) is 4.88 Å². The van der Waals surface area contributed by atoms with Crippen LogP contribution in [0.3, 0.4) is 0 Å². The third-order valence-corrected chi connectivity index (χ3v) is 3.49. The zero-order chi connectivity index (χ0) is 14.2. The van der Waals surface area contributed by atoms with Crippen molar-refractivity contribution in [3.8, 4) is 11.5 Å². The molecule has 1 atom stereocenters. The van der Waals surface area contributed by atoms with Gasteiger partial charge in [0.1, 0.15) is 24.2 Å². The highest BCUT2D eigenvalue weighted by atomic mass is 32.1. The Morgan fingerprint density at radius 1 is 1.10 bits per heavy atom. The van der Waals surface area contributed by atoms with Crippen LogP contribution < -0.4 is 9.47 Å². The monoisotopic (exact) mass is 294 g/mol. The highest BCUT2D eigenvalue weighted by molar-refractivity contribution is 7.09. The molecule has 0 amide bonds. The predicted octanol–water partition coefficient (Wildman–Crippen LogP) is 2.71. The van der Waals surface area contributed by atoms with Crippen molar-refractivity contribution in [3.05, 3.63) is 46.7 Å². The van der Waals surface area contributed by atoms with Crippen molar-refractivity contribution in [2.75, 3.05) is 20.3 Å². The fraction of sp³-hybridized carbons (Fsp3) is 0.333. The van der Waals surface area contributed by atoms with Crippen molar-refractivity contribution in [1.29, 1.82) is 0 Å². The summed E-state index contributed by atoms with van der Waals surface area (Å²) >= 11 is 1.64. The lowest BCUT2D eigenvalue weighted by Gasteiger charge is -2.12. The summed E-state index contributed by atoms with van der Waals surface area (Å²) in [6, 6.07) is 11.2. The minimum Gasteiger partial charge on any atom is -0.497 e. The van der Waals surface area contributed by atoms with Gasteiger partial charge in [0.15, 0.2) is 0 Å². The number of rotatable bonds is 8. The molecule has 5 heteroatoms. The van der Waals surface area contributed by atoms with Crippen molar-refractivity contribution in [3.63, 3.8) is 0 Å². The molecule has 0 aliphatic carbocycles. The molecule has 2 rings (SSSR count). The lowest BCUT2D eigenvalue weighted by atomic mass is 10.3. The Morgan fingerprint density at radius 3 is 2.50 bits per heavy atom. The highest BCUT2D eigenvalue weighted by Crippen LogP contribution is 2.17. The lowest BCUT2D eigenvalue weighted by molar-refractivity contribution is 0.00624. The van der Waals surface area contributed by atoms with Gasteiger partial charge in [0.2, 0.25) is 0 Å². The van der Waals surface area contributed by atoms with E-state index in [4.69, 9.17) is 14.2 Å². The van der Waals surface area contributed by atoms with E-state index in [0.29, 0.717) is 12.4 Å². The van der Waals surface area contributed by atoms with E-state index in [9.17, 15) is 5.11 Å². The first-order valence-electron chi connectivity index (χ1n) is 6.33. The molecule has 108 valence electrons. The molecule has 0 spiro atoms. The summed E-state index contributed by atoms with van der Waals surface area (Å²) in [4.78, 5) is 1.15. The molecule has 2 aromatic rings. The number of ether oxygens (including phenoxy) is 3. The Balaban J connectivity index is 1.65. The highest BCUT2D eigenvalue weighted by Gasteiger charge is 2.06. The molecule has 0 radical (unpaired) electrons. The third kappa shape index (κ3) is 4.85. The number of benzene rings is 1. The molecule has 1 heterocycles.